The van der Waals surface area contributed by atoms with Crippen molar-refractivity contribution in [1.29, 1.82) is 0 Å². The van der Waals surface area contributed by atoms with E-state index in [0.29, 0.717) is 13.2 Å². The molecule has 0 aromatic heterocycles. The average Bonchev–Trinajstić information content (AvgIpc) is 3.10. The Morgan fingerprint density at radius 1 is 0.543 bits per heavy atom. The Labute approximate surface area is 270 Å². The van der Waals surface area contributed by atoms with Crippen LogP contribution in [0, 0.1) is 34.5 Å². The number of methoxy groups -OCH3 is 4. The predicted octanol–water partition coefficient (Wildman–Crippen LogP) is 4.21. The highest BCUT2D eigenvalue weighted by Crippen LogP contribution is 2.33. The fraction of sp³-hybridized carbons (Fsp3) is 0.389. The highest BCUT2D eigenvalue weighted by atomic mass is 16.6. The summed E-state index contributed by atoms with van der Waals surface area (Å²) in [6.07, 6.45) is 2.14. The number of esters is 4. The number of allylic oxidation sites excluding steroid dienone is 2. The normalized spacial score (nSPS) is 11.0. The summed E-state index contributed by atoms with van der Waals surface area (Å²) in [7, 11) is 4.62. The lowest BCUT2D eigenvalue weighted by Gasteiger charge is -2.26. The first-order valence-corrected chi connectivity index (χ1v) is 14.4. The van der Waals surface area contributed by atoms with Gasteiger partial charge in [-0.25, -0.2) is 0 Å². The SMILES string of the molecule is COC(=O)C(CC#CCOCc1ccccc1)(C/C=C/CC(CC#CCOCc1ccccc1)(C(=O)OC)C(=O)OC)C(=O)OC. The molecule has 2 rings (SSSR count). The van der Waals surface area contributed by atoms with E-state index >= 15 is 0 Å². The zero-order valence-corrected chi connectivity index (χ0v) is 26.7. The van der Waals surface area contributed by atoms with Crippen molar-refractivity contribution in [3.8, 4) is 23.7 Å². The fourth-order valence-corrected chi connectivity index (χ4v) is 4.40. The molecule has 10 nitrogen and oxygen atoms in total. The third-order valence-electron chi connectivity index (χ3n) is 7.01. The molecule has 0 aliphatic heterocycles. The van der Waals surface area contributed by atoms with E-state index in [1.807, 2.05) is 60.7 Å². The molecule has 244 valence electrons. The van der Waals surface area contributed by atoms with Gasteiger partial charge >= 0.3 is 23.9 Å². The highest BCUT2D eigenvalue weighted by Gasteiger charge is 2.49. The number of hydrogen-bond donors (Lipinski definition) is 0. The summed E-state index contributed by atoms with van der Waals surface area (Å²) in [4.78, 5) is 51.7. The van der Waals surface area contributed by atoms with Crippen LogP contribution in [0.5, 0.6) is 0 Å². The van der Waals surface area contributed by atoms with Crippen molar-refractivity contribution in [3.63, 3.8) is 0 Å². The van der Waals surface area contributed by atoms with E-state index in [2.05, 4.69) is 23.7 Å². The second-order valence-electron chi connectivity index (χ2n) is 10.0. The van der Waals surface area contributed by atoms with E-state index in [9.17, 15) is 19.2 Å². The third-order valence-corrected chi connectivity index (χ3v) is 7.01. The molecule has 2 aromatic carbocycles. The molecule has 0 atom stereocenters. The van der Waals surface area contributed by atoms with E-state index in [0.717, 1.165) is 39.6 Å². The number of ether oxygens (including phenoxy) is 6. The Kier molecular flexibility index (Phi) is 16.4. The van der Waals surface area contributed by atoms with Crippen molar-refractivity contribution >= 4 is 23.9 Å². The summed E-state index contributed by atoms with van der Waals surface area (Å²) in [6.45, 7) is 0.847. The minimum Gasteiger partial charge on any atom is -0.468 e. The molecular formula is C36H40O10. The second-order valence-corrected chi connectivity index (χ2v) is 10.0. The Morgan fingerprint density at radius 2 is 0.870 bits per heavy atom. The van der Waals surface area contributed by atoms with Gasteiger partial charge in [0.2, 0.25) is 0 Å². The zero-order valence-electron chi connectivity index (χ0n) is 26.7. The predicted molar refractivity (Wildman–Crippen MR) is 168 cm³/mol. The van der Waals surface area contributed by atoms with Gasteiger partial charge in [0.05, 0.1) is 41.7 Å². The van der Waals surface area contributed by atoms with Crippen LogP contribution in [0.25, 0.3) is 0 Å². The maximum atomic E-state index is 12.9. The first kappa shape index (κ1) is 37.3. The van der Waals surface area contributed by atoms with Gasteiger partial charge in [-0.15, -0.1) is 0 Å². The first-order chi connectivity index (χ1) is 22.3. The number of rotatable bonds is 16. The summed E-state index contributed by atoms with van der Waals surface area (Å²) >= 11 is 0. The highest BCUT2D eigenvalue weighted by molar-refractivity contribution is 6.01. The van der Waals surface area contributed by atoms with E-state index in [1.54, 1.807) is 0 Å². The zero-order chi connectivity index (χ0) is 33.7. The van der Waals surface area contributed by atoms with Crippen LogP contribution in [0.1, 0.15) is 36.8 Å². The van der Waals surface area contributed by atoms with Crippen molar-refractivity contribution in [2.24, 2.45) is 10.8 Å². The molecule has 0 aliphatic carbocycles. The van der Waals surface area contributed by atoms with Gasteiger partial charge < -0.3 is 28.4 Å². The molecular weight excluding hydrogens is 592 g/mol. The summed E-state index contributed by atoms with van der Waals surface area (Å²) in [5.74, 6) is 7.87. The number of hydrogen-bond acceptors (Lipinski definition) is 10. The molecule has 0 saturated carbocycles. The van der Waals surface area contributed by atoms with Crippen LogP contribution in [0.4, 0.5) is 0 Å². The minimum atomic E-state index is -1.80. The lowest BCUT2D eigenvalue weighted by atomic mass is 9.79. The summed E-state index contributed by atoms with van der Waals surface area (Å²) in [5, 5.41) is 0. The maximum Gasteiger partial charge on any atom is 0.324 e. The lowest BCUT2D eigenvalue weighted by Crippen LogP contribution is -2.41. The molecule has 0 spiro atoms. The molecule has 0 radical (unpaired) electrons. The Balaban J connectivity index is 2.17. The fourth-order valence-electron chi connectivity index (χ4n) is 4.40. The van der Waals surface area contributed by atoms with Crippen molar-refractivity contribution in [1.82, 2.24) is 0 Å². The summed E-state index contributed by atoms with van der Waals surface area (Å²) < 4.78 is 30.9. The Morgan fingerprint density at radius 3 is 1.17 bits per heavy atom. The first-order valence-electron chi connectivity index (χ1n) is 14.4. The molecule has 10 heteroatoms. The number of carbonyl (C=O) groups excluding carboxylic acids is 4. The molecule has 0 amide bonds. The van der Waals surface area contributed by atoms with Gasteiger partial charge in [0.25, 0.3) is 0 Å². The van der Waals surface area contributed by atoms with Crippen LogP contribution in [-0.2, 0) is 60.8 Å². The third kappa shape index (κ3) is 10.9. The monoisotopic (exact) mass is 632 g/mol. The smallest absolute Gasteiger partial charge is 0.324 e. The van der Waals surface area contributed by atoms with Crippen LogP contribution in [0.3, 0.4) is 0 Å². The Bertz CT molecular complexity index is 1280. The minimum absolute atomic E-state index is 0.0717. The van der Waals surface area contributed by atoms with Gasteiger partial charge in [0.15, 0.2) is 10.8 Å². The van der Waals surface area contributed by atoms with Crippen LogP contribution in [0.2, 0.25) is 0 Å². The lowest BCUT2D eigenvalue weighted by molar-refractivity contribution is -0.170. The van der Waals surface area contributed by atoms with Gasteiger partial charge in [-0.2, -0.15) is 0 Å². The molecule has 2 aromatic rings. The van der Waals surface area contributed by atoms with Crippen LogP contribution in [0.15, 0.2) is 72.8 Å². The van der Waals surface area contributed by atoms with E-state index < -0.39 is 34.7 Å². The molecule has 0 bridgehead atoms. The topological polar surface area (TPSA) is 124 Å². The summed E-state index contributed by atoms with van der Waals surface area (Å²) in [6, 6.07) is 19.1. The molecule has 0 aliphatic rings. The van der Waals surface area contributed by atoms with Gasteiger partial charge in [-0.05, 0) is 24.0 Å². The van der Waals surface area contributed by atoms with Crippen LogP contribution in [-0.4, -0.2) is 65.5 Å². The number of benzene rings is 2. The van der Waals surface area contributed by atoms with E-state index in [-0.39, 0.29) is 38.9 Å². The van der Waals surface area contributed by atoms with Crippen molar-refractivity contribution in [3.05, 3.63) is 83.9 Å². The molecule has 0 fully saturated rings. The average molecular weight is 633 g/mol. The quantitative estimate of drug-likeness (QED) is 0.0664. The Hall–Kier alpha value is -4.90. The van der Waals surface area contributed by atoms with Gasteiger partial charge in [0.1, 0.15) is 13.2 Å². The van der Waals surface area contributed by atoms with Gasteiger partial charge in [-0.1, -0.05) is 96.5 Å². The molecule has 46 heavy (non-hydrogen) atoms. The van der Waals surface area contributed by atoms with Gasteiger partial charge in [0, 0.05) is 12.8 Å². The second kappa shape index (κ2) is 20.2. The van der Waals surface area contributed by atoms with Crippen molar-refractivity contribution < 1.29 is 47.6 Å². The van der Waals surface area contributed by atoms with Crippen LogP contribution >= 0.6 is 0 Å². The van der Waals surface area contributed by atoms with Crippen LogP contribution < -0.4 is 0 Å². The standard InChI is InChI=1S/C36H40O10/c1-41-31(37)35(32(38)42-2,23-13-15-25-45-27-29-17-7-5-8-18-29)21-11-12-22-36(33(39)43-3,34(40)44-4)24-14-16-26-46-28-30-19-9-6-10-20-30/h5-12,17-20H,21-28H2,1-4H3/b12-11+. The van der Waals surface area contributed by atoms with Crippen molar-refractivity contribution in [2.45, 2.75) is 38.9 Å². The maximum absolute atomic E-state index is 12.9. The van der Waals surface area contributed by atoms with Crippen molar-refractivity contribution in [2.75, 3.05) is 41.7 Å². The van der Waals surface area contributed by atoms with E-state index in [1.165, 1.54) is 12.2 Å². The molecule has 0 unspecified atom stereocenters. The summed E-state index contributed by atoms with van der Waals surface area (Å²) in [5.41, 5.74) is -1.65. The van der Waals surface area contributed by atoms with E-state index in [4.69, 9.17) is 28.4 Å². The largest absolute Gasteiger partial charge is 0.468 e. The molecule has 0 heterocycles. The van der Waals surface area contributed by atoms with Gasteiger partial charge in [-0.3, -0.25) is 19.2 Å². The molecule has 0 N–H and O–H groups in total. The number of carbonyl (C=O) groups is 4. The molecule has 0 saturated heterocycles.